The Bertz CT molecular complexity index is 762. The van der Waals surface area contributed by atoms with Crippen LogP contribution in [0.2, 0.25) is 0 Å². The lowest BCUT2D eigenvalue weighted by atomic mass is 10.1. The standard InChI is InChI=1S/C21H22BrNO2/c22-19-9-7-17(8-10-19)20(24)11-5-16-4-6-18(21(25)14-16)15-23-12-2-1-3-13-23/h4-11,14,25H,1-3,12-13,15H2/b11-5+. The Morgan fingerprint density at radius 3 is 2.48 bits per heavy atom. The zero-order chi connectivity index (χ0) is 17.6. The Balaban J connectivity index is 1.65. The lowest BCUT2D eigenvalue weighted by molar-refractivity contribution is 0.104. The van der Waals surface area contributed by atoms with Crippen molar-refractivity contribution in [3.8, 4) is 5.75 Å². The van der Waals surface area contributed by atoms with E-state index in [1.807, 2.05) is 24.3 Å². The normalized spacial score (nSPS) is 15.6. The number of allylic oxidation sites excluding steroid dienone is 1. The zero-order valence-corrected chi connectivity index (χ0v) is 15.7. The van der Waals surface area contributed by atoms with Crippen LogP contribution in [0.3, 0.4) is 0 Å². The van der Waals surface area contributed by atoms with Gasteiger partial charge in [-0.3, -0.25) is 9.69 Å². The number of phenols is 1. The molecule has 1 heterocycles. The number of ketones is 1. The molecule has 0 radical (unpaired) electrons. The van der Waals surface area contributed by atoms with Crippen molar-refractivity contribution in [3.05, 3.63) is 69.7 Å². The maximum Gasteiger partial charge on any atom is 0.185 e. The van der Waals surface area contributed by atoms with Crippen LogP contribution in [0.4, 0.5) is 0 Å². The first-order valence-electron chi connectivity index (χ1n) is 8.64. The van der Waals surface area contributed by atoms with Gasteiger partial charge in [-0.1, -0.05) is 40.6 Å². The predicted octanol–water partition coefficient (Wildman–Crippen LogP) is 5.04. The first kappa shape index (κ1) is 17.9. The number of benzene rings is 2. The molecule has 0 bridgehead atoms. The van der Waals surface area contributed by atoms with Crippen LogP contribution in [-0.2, 0) is 6.54 Å². The monoisotopic (exact) mass is 399 g/mol. The predicted molar refractivity (Wildman–Crippen MR) is 105 cm³/mol. The summed E-state index contributed by atoms with van der Waals surface area (Å²) in [7, 11) is 0. The van der Waals surface area contributed by atoms with Crippen molar-refractivity contribution < 1.29 is 9.90 Å². The van der Waals surface area contributed by atoms with Crippen molar-refractivity contribution in [1.29, 1.82) is 0 Å². The Labute approximate surface area is 157 Å². The summed E-state index contributed by atoms with van der Waals surface area (Å²) < 4.78 is 0.947. The molecule has 0 atom stereocenters. The smallest absolute Gasteiger partial charge is 0.185 e. The van der Waals surface area contributed by atoms with E-state index < -0.39 is 0 Å². The molecule has 1 saturated heterocycles. The van der Waals surface area contributed by atoms with Gasteiger partial charge < -0.3 is 5.11 Å². The fourth-order valence-electron chi connectivity index (χ4n) is 3.06. The van der Waals surface area contributed by atoms with Crippen LogP contribution in [-0.4, -0.2) is 28.9 Å². The molecule has 130 valence electrons. The van der Waals surface area contributed by atoms with Gasteiger partial charge in [-0.25, -0.2) is 0 Å². The van der Waals surface area contributed by atoms with Crippen molar-refractivity contribution in [2.24, 2.45) is 0 Å². The summed E-state index contributed by atoms with van der Waals surface area (Å²) in [5, 5.41) is 10.3. The molecule has 3 rings (SSSR count). The molecule has 4 heteroatoms. The minimum absolute atomic E-state index is 0.0515. The first-order chi connectivity index (χ1) is 12.1. The van der Waals surface area contributed by atoms with Gasteiger partial charge in [0.05, 0.1) is 0 Å². The van der Waals surface area contributed by atoms with Gasteiger partial charge in [0.25, 0.3) is 0 Å². The van der Waals surface area contributed by atoms with E-state index in [4.69, 9.17) is 0 Å². The van der Waals surface area contributed by atoms with E-state index in [-0.39, 0.29) is 5.78 Å². The number of piperidine rings is 1. The third kappa shape index (κ3) is 5.03. The number of aromatic hydroxyl groups is 1. The maximum atomic E-state index is 12.2. The van der Waals surface area contributed by atoms with Gasteiger partial charge in [0.1, 0.15) is 5.75 Å². The molecule has 0 saturated carbocycles. The molecule has 1 fully saturated rings. The minimum Gasteiger partial charge on any atom is -0.508 e. The Hall–Kier alpha value is -1.91. The molecule has 0 aromatic heterocycles. The number of likely N-dealkylation sites (tertiary alicyclic amines) is 1. The van der Waals surface area contributed by atoms with Gasteiger partial charge in [0, 0.05) is 22.1 Å². The Morgan fingerprint density at radius 2 is 1.80 bits per heavy atom. The van der Waals surface area contributed by atoms with Crippen LogP contribution in [0.5, 0.6) is 5.75 Å². The van der Waals surface area contributed by atoms with E-state index in [2.05, 4.69) is 20.8 Å². The number of nitrogens with zero attached hydrogens (tertiary/aromatic N) is 1. The van der Waals surface area contributed by atoms with Crippen LogP contribution in [0.1, 0.15) is 40.7 Å². The molecule has 0 amide bonds. The highest BCUT2D eigenvalue weighted by Gasteiger charge is 2.12. The Morgan fingerprint density at radius 1 is 1.08 bits per heavy atom. The summed E-state index contributed by atoms with van der Waals surface area (Å²) >= 11 is 3.36. The highest BCUT2D eigenvalue weighted by Crippen LogP contribution is 2.23. The van der Waals surface area contributed by atoms with Crippen molar-refractivity contribution in [2.45, 2.75) is 25.8 Å². The van der Waals surface area contributed by atoms with Crippen molar-refractivity contribution in [2.75, 3.05) is 13.1 Å². The maximum absolute atomic E-state index is 12.2. The second kappa shape index (κ2) is 8.45. The molecule has 1 aliphatic heterocycles. The number of rotatable bonds is 5. The lowest BCUT2D eigenvalue weighted by Gasteiger charge is -2.26. The number of hydrogen-bond acceptors (Lipinski definition) is 3. The van der Waals surface area contributed by atoms with Gasteiger partial charge in [-0.15, -0.1) is 0 Å². The zero-order valence-electron chi connectivity index (χ0n) is 14.1. The fourth-order valence-corrected chi connectivity index (χ4v) is 3.32. The number of carbonyl (C=O) groups excluding carboxylic acids is 1. The van der Waals surface area contributed by atoms with Gasteiger partial charge in [-0.2, -0.15) is 0 Å². The lowest BCUT2D eigenvalue weighted by Crippen LogP contribution is -2.29. The van der Waals surface area contributed by atoms with Crippen molar-refractivity contribution in [3.63, 3.8) is 0 Å². The number of halogens is 1. The number of phenolic OH excluding ortho intramolecular Hbond substituents is 1. The topological polar surface area (TPSA) is 40.5 Å². The quantitative estimate of drug-likeness (QED) is 0.565. The van der Waals surface area contributed by atoms with E-state index in [0.29, 0.717) is 11.3 Å². The van der Waals surface area contributed by atoms with Crippen molar-refractivity contribution in [1.82, 2.24) is 4.90 Å². The second-order valence-corrected chi connectivity index (χ2v) is 7.35. The fraction of sp³-hybridized carbons (Fsp3) is 0.286. The van der Waals surface area contributed by atoms with E-state index in [9.17, 15) is 9.90 Å². The first-order valence-corrected chi connectivity index (χ1v) is 9.43. The molecule has 2 aromatic carbocycles. The molecule has 0 unspecified atom stereocenters. The minimum atomic E-state index is -0.0515. The average Bonchev–Trinajstić information content (AvgIpc) is 2.63. The number of carbonyl (C=O) groups is 1. The summed E-state index contributed by atoms with van der Waals surface area (Å²) in [6, 6.07) is 12.9. The van der Waals surface area contributed by atoms with Crippen LogP contribution in [0.25, 0.3) is 6.08 Å². The van der Waals surface area contributed by atoms with Gasteiger partial charge in [0.2, 0.25) is 0 Å². The van der Waals surface area contributed by atoms with E-state index in [1.54, 1.807) is 30.4 Å². The molecule has 0 aliphatic carbocycles. The summed E-state index contributed by atoms with van der Waals surface area (Å²) in [5.74, 6) is 0.244. The number of hydrogen-bond donors (Lipinski definition) is 1. The molecule has 3 nitrogen and oxygen atoms in total. The third-order valence-corrected chi connectivity index (χ3v) is 5.04. The highest BCUT2D eigenvalue weighted by atomic mass is 79.9. The molecule has 0 spiro atoms. The summed E-state index contributed by atoms with van der Waals surface area (Å²) in [6.45, 7) is 2.99. The summed E-state index contributed by atoms with van der Waals surface area (Å²) in [5.41, 5.74) is 2.41. The van der Waals surface area contributed by atoms with Crippen LogP contribution in [0.15, 0.2) is 53.0 Å². The Kier molecular flexibility index (Phi) is 6.05. The largest absolute Gasteiger partial charge is 0.508 e. The van der Waals surface area contributed by atoms with Crippen LogP contribution in [0, 0.1) is 0 Å². The second-order valence-electron chi connectivity index (χ2n) is 6.43. The summed E-state index contributed by atoms with van der Waals surface area (Å²) in [4.78, 5) is 14.6. The van der Waals surface area contributed by atoms with Gasteiger partial charge >= 0.3 is 0 Å². The van der Waals surface area contributed by atoms with Crippen LogP contribution < -0.4 is 0 Å². The van der Waals surface area contributed by atoms with Crippen molar-refractivity contribution >= 4 is 27.8 Å². The van der Waals surface area contributed by atoms with Gasteiger partial charge in [0.15, 0.2) is 5.78 Å². The summed E-state index contributed by atoms with van der Waals surface area (Å²) in [6.07, 6.45) is 7.06. The molecular formula is C21H22BrNO2. The molecule has 2 aromatic rings. The van der Waals surface area contributed by atoms with E-state index >= 15 is 0 Å². The van der Waals surface area contributed by atoms with E-state index in [0.717, 1.165) is 35.2 Å². The van der Waals surface area contributed by atoms with Crippen LogP contribution >= 0.6 is 15.9 Å². The SMILES string of the molecule is O=C(/C=C/c1ccc(CN2CCCCC2)c(O)c1)c1ccc(Br)cc1. The van der Waals surface area contributed by atoms with E-state index in [1.165, 1.54) is 19.3 Å². The third-order valence-electron chi connectivity index (χ3n) is 4.51. The van der Waals surface area contributed by atoms with Gasteiger partial charge in [-0.05, 0) is 67.9 Å². The highest BCUT2D eigenvalue weighted by molar-refractivity contribution is 9.10. The molecular weight excluding hydrogens is 378 g/mol. The molecule has 25 heavy (non-hydrogen) atoms. The molecule has 1 aliphatic rings. The molecule has 1 N–H and O–H groups in total. The average molecular weight is 400 g/mol.